The summed E-state index contributed by atoms with van der Waals surface area (Å²) in [5.41, 5.74) is 0.113. The standard InChI is InChI=1S/C21H19FN2O5S/c22-16-6-2-1-5-15(16)19-23-20(21(29-19)24-9-3-4-10-24)30(25,26)14-7-8-17-18(13-14)28-12-11-27-17/h1-2,5-8,13H,3-4,9-12H2. The third-order valence-corrected chi connectivity index (χ3v) is 6.80. The van der Waals surface area contributed by atoms with E-state index in [1.54, 1.807) is 18.2 Å². The summed E-state index contributed by atoms with van der Waals surface area (Å²) in [5, 5.41) is -0.223. The second kappa shape index (κ2) is 7.32. The maximum Gasteiger partial charge on any atom is 0.236 e. The molecule has 7 nitrogen and oxygen atoms in total. The molecule has 1 saturated heterocycles. The molecule has 0 amide bonds. The van der Waals surface area contributed by atoms with Crippen molar-refractivity contribution in [1.82, 2.24) is 4.98 Å². The van der Waals surface area contributed by atoms with E-state index in [1.165, 1.54) is 24.3 Å². The average molecular weight is 430 g/mol. The van der Waals surface area contributed by atoms with Gasteiger partial charge in [0, 0.05) is 19.2 Å². The minimum Gasteiger partial charge on any atom is -0.486 e. The molecule has 0 unspecified atom stereocenters. The molecule has 0 aliphatic carbocycles. The summed E-state index contributed by atoms with van der Waals surface area (Å²) in [6.45, 7) is 2.05. The highest BCUT2D eigenvalue weighted by Crippen LogP contribution is 2.39. The maximum atomic E-state index is 14.3. The summed E-state index contributed by atoms with van der Waals surface area (Å²) >= 11 is 0. The topological polar surface area (TPSA) is 81.9 Å². The Kier molecular flexibility index (Phi) is 4.62. The Bertz CT molecular complexity index is 1200. The SMILES string of the molecule is O=S(=O)(c1ccc2c(c1)OCCO2)c1nc(-c2ccccc2F)oc1N1CCCC1. The fraction of sp³-hybridized carbons (Fsp3) is 0.286. The van der Waals surface area contributed by atoms with Gasteiger partial charge < -0.3 is 18.8 Å². The Morgan fingerprint density at radius 2 is 1.70 bits per heavy atom. The van der Waals surface area contributed by atoms with Crippen molar-refractivity contribution in [3.63, 3.8) is 0 Å². The van der Waals surface area contributed by atoms with Gasteiger partial charge in [-0.05, 0) is 37.1 Å². The van der Waals surface area contributed by atoms with Gasteiger partial charge in [-0.25, -0.2) is 12.8 Å². The van der Waals surface area contributed by atoms with Crippen LogP contribution in [0, 0.1) is 5.82 Å². The highest BCUT2D eigenvalue weighted by atomic mass is 32.2. The number of rotatable bonds is 4. The minimum atomic E-state index is -4.05. The number of fused-ring (bicyclic) bond motifs is 1. The van der Waals surface area contributed by atoms with Crippen LogP contribution in [0.25, 0.3) is 11.5 Å². The normalized spacial score (nSPS) is 16.1. The van der Waals surface area contributed by atoms with Crippen LogP contribution < -0.4 is 14.4 Å². The zero-order valence-corrected chi connectivity index (χ0v) is 16.8. The summed E-state index contributed by atoms with van der Waals surface area (Å²) in [7, 11) is -4.05. The van der Waals surface area contributed by atoms with Gasteiger partial charge in [-0.3, -0.25) is 0 Å². The first kappa shape index (κ1) is 18.9. The number of nitrogens with zero attached hydrogens (tertiary/aromatic N) is 2. The molecule has 0 atom stereocenters. The van der Waals surface area contributed by atoms with Crippen molar-refractivity contribution < 1.29 is 26.7 Å². The zero-order chi connectivity index (χ0) is 20.7. The van der Waals surface area contributed by atoms with Crippen LogP contribution in [0.3, 0.4) is 0 Å². The Hall–Kier alpha value is -3.07. The molecule has 0 bridgehead atoms. The van der Waals surface area contributed by atoms with Crippen LogP contribution in [0.4, 0.5) is 10.3 Å². The average Bonchev–Trinajstić information content (AvgIpc) is 3.44. The molecule has 0 radical (unpaired) electrons. The number of oxazole rings is 1. The second-order valence-electron chi connectivity index (χ2n) is 7.11. The van der Waals surface area contributed by atoms with Crippen molar-refractivity contribution in [3.05, 3.63) is 48.3 Å². The number of sulfone groups is 1. The summed E-state index contributed by atoms with van der Waals surface area (Å²) in [4.78, 5) is 6.09. The van der Waals surface area contributed by atoms with E-state index in [0.29, 0.717) is 37.8 Å². The lowest BCUT2D eigenvalue weighted by Crippen LogP contribution is -2.20. The molecular weight excluding hydrogens is 411 g/mol. The van der Waals surface area contributed by atoms with Gasteiger partial charge in [0.2, 0.25) is 26.6 Å². The molecule has 0 spiro atoms. The number of ether oxygens (including phenoxy) is 2. The molecule has 2 aromatic carbocycles. The molecule has 9 heteroatoms. The zero-order valence-electron chi connectivity index (χ0n) is 16.0. The number of anilines is 1. The first-order valence-electron chi connectivity index (χ1n) is 9.69. The lowest BCUT2D eigenvalue weighted by molar-refractivity contribution is 0.171. The molecule has 1 fully saturated rings. The van der Waals surface area contributed by atoms with Crippen LogP contribution in [0.1, 0.15) is 12.8 Å². The first-order chi connectivity index (χ1) is 14.5. The fourth-order valence-corrected chi connectivity index (χ4v) is 4.98. The van der Waals surface area contributed by atoms with Crippen molar-refractivity contribution in [3.8, 4) is 23.0 Å². The quantitative estimate of drug-likeness (QED) is 0.624. The maximum absolute atomic E-state index is 14.3. The molecule has 0 N–H and O–H groups in total. The van der Waals surface area contributed by atoms with Gasteiger partial charge in [0.05, 0.1) is 10.5 Å². The molecule has 3 heterocycles. The molecular formula is C21H19FN2O5S. The Morgan fingerprint density at radius 1 is 0.967 bits per heavy atom. The van der Waals surface area contributed by atoms with Gasteiger partial charge in [0.25, 0.3) is 0 Å². The van der Waals surface area contributed by atoms with E-state index < -0.39 is 15.7 Å². The number of benzene rings is 2. The first-order valence-corrected chi connectivity index (χ1v) is 11.2. The minimum absolute atomic E-state index is 0.0144. The Balaban J connectivity index is 1.64. The fourth-order valence-electron chi connectivity index (χ4n) is 3.65. The highest BCUT2D eigenvalue weighted by Gasteiger charge is 2.33. The lowest BCUT2D eigenvalue weighted by Gasteiger charge is -2.19. The van der Waals surface area contributed by atoms with Crippen LogP contribution in [-0.2, 0) is 9.84 Å². The van der Waals surface area contributed by atoms with Crippen molar-refractivity contribution in [2.24, 2.45) is 0 Å². The summed E-state index contributed by atoms with van der Waals surface area (Å²) in [6, 6.07) is 10.4. The summed E-state index contributed by atoms with van der Waals surface area (Å²) < 4.78 is 58.1. The largest absolute Gasteiger partial charge is 0.486 e. The number of hydrogen-bond acceptors (Lipinski definition) is 7. The van der Waals surface area contributed by atoms with E-state index in [2.05, 4.69) is 4.98 Å². The van der Waals surface area contributed by atoms with Gasteiger partial charge in [-0.2, -0.15) is 4.98 Å². The van der Waals surface area contributed by atoms with Gasteiger partial charge in [0.1, 0.15) is 19.0 Å². The number of aromatic nitrogens is 1. The highest BCUT2D eigenvalue weighted by molar-refractivity contribution is 7.91. The number of halogens is 1. The molecule has 3 aromatic rings. The van der Waals surface area contributed by atoms with Crippen molar-refractivity contribution in [1.29, 1.82) is 0 Å². The molecule has 0 saturated carbocycles. The third-order valence-electron chi connectivity index (χ3n) is 5.16. The van der Waals surface area contributed by atoms with E-state index >= 15 is 0 Å². The van der Waals surface area contributed by atoms with E-state index in [0.717, 1.165) is 12.8 Å². The molecule has 5 rings (SSSR count). The summed E-state index contributed by atoms with van der Waals surface area (Å²) in [6.07, 6.45) is 1.83. The van der Waals surface area contributed by atoms with Crippen LogP contribution in [-0.4, -0.2) is 39.7 Å². The van der Waals surface area contributed by atoms with E-state index in [9.17, 15) is 12.8 Å². The van der Waals surface area contributed by atoms with E-state index in [1.807, 2.05) is 4.90 Å². The van der Waals surface area contributed by atoms with E-state index in [-0.39, 0.29) is 27.3 Å². The molecule has 30 heavy (non-hydrogen) atoms. The van der Waals surface area contributed by atoms with Gasteiger partial charge in [0.15, 0.2) is 11.5 Å². The van der Waals surface area contributed by atoms with Gasteiger partial charge in [-0.15, -0.1) is 0 Å². The molecule has 2 aliphatic rings. The number of hydrogen-bond donors (Lipinski definition) is 0. The summed E-state index contributed by atoms with van der Waals surface area (Å²) in [5.74, 6) is 0.400. The predicted molar refractivity (Wildman–Crippen MR) is 106 cm³/mol. The van der Waals surface area contributed by atoms with Crippen LogP contribution >= 0.6 is 0 Å². The van der Waals surface area contributed by atoms with Gasteiger partial charge >= 0.3 is 0 Å². The second-order valence-corrected chi connectivity index (χ2v) is 8.98. The predicted octanol–water partition coefficient (Wildman–Crippen LogP) is 3.68. The molecule has 156 valence electrons. The molecule has 2 aliphatic heterocycles. The Labute approximate surface area is 173 Å². The van der Waals surface area contributed by atoms with Crippen LogP contribution in [0.5, 0.6) is 11.5 Å². The van der Waals surface area contributed by atoms with Crippen molar-refractivity contribution >= 4 is 15.7 Å². The van der Waals surface area contributed by atoms with Crippen LogP contribution in [0.15, 0.2) is 56.8 Å². The van der Waals surface area contributed by atoms with Crippen LogP contribution in [0.2, 0.25) is 0 Å². The third kappa shape index (κ3) is 3.19. The molecule has 1 aromatic heterocycles. The lowest BCUT2D eigenvalue weighted by atomic mass is 10.2. The monoisotopic (exact) mass is 430 g/mol. The van der Waals surface area contributed by atoms with Crippen molar-refractivity contribution in [2.45, 2.75) is 22.8 Å². The van der Waals surface area contributed by atoms with E-state index in [4.69, 9.17) is 13.9 Å². The van der Waals surface area contributed by atoms with Gasteiger partial charge in [-0.1, -0.05) is 12.1 Å². The smallest absolute Gasteiger partial charge is 0.236 e. The Morgan fingerprint density at radius 3 is 2.47 bits per heavy atom. The van der Waals surface area contributed by atoms with Crippen molar-refractivity contribution in [2.75, 3.05) is 31.2 Å².